The number of hydrogen-bond donors (Lipinski definition) is 1. The maximum Gasteiger partial charge on any atom is 0.255 e. The molecule has 124 valence electrons. The van der Waals surface area contributed by atoms with E-state index in [1.165, 1.54) is 0 Å². The van der Waals surface area contributed by atoms with Gasteiger partial charge in [-0.15, -0.1) is 0 Å². The number of fused-ring (bicyclic) bond motifs is 1. The number of ether oxygens (including phenoxy) is 1. The molecular weight excluding hydrogens is 326 g/mol. The fourth-order valence-electron chi connectivity index (χ4n) is 2.85. The van der Waals surface area contributed by atoms with Gasteiger partial charge in [0.05, 0.1) is 23.6 Å². The summed E-state index contributed by atoms with van der Waals surface area (Å²) in [6, 6.07) is 5.31. The van der Waals surface area contributed by atoms with E-state index >= 15 is 0 Å². The Labute approximate surface area is 143 Å². The molecule has 8 heteroatoms. The van der Waals surface area contributed by atoms with Gasteiger partial charge in [-0.3, -0.25) is 9.48 Å². The predicted molar refractivity (Wildman–Crippen MR) is 91.1 cm³/mol. The highest BCUT2D eigenvalue weighted by atomic mass is 32.1. The number of benzene rings is 1. The summed E-state index contributed by atoms with van der Waals surface area (Å²) in [6.07, 6.45) is 5.67. The lowest BCUT2D eigenvalue weighted by Gasteiger charge is -2.21. The molecular formula is C16H17N5O2S. The maximum atomic E-state index is 12.4. The minimum atomic E-state index is -0.171. The summed E-state index contributed by atoms with van der Waals surface area (Å²) < 4.78 is 15.6. The molecule has 1 saturated heterocycles. The van der Waals surface area contributed by atoms with Crippen molar-refractivity contribution < 1.29 is 9.53 Å². The van der Waals surface area contributed by atoms with Gasteiger partial charge in [-0.05, 0) is 37.0 Å². The summed E-state index contributed by atoms with van der Waals surface area (Å²) in [6.45, 7) is 2.50. The van der Waals surface area contributed by atoms with E-state index < -0.39 is 0 Å². The first-order chi connectivity index (χ1) is 11.8. The second-order valence-electron chi connectivity index (χ2n) is 5.93. The molecule has 7 nitrogen and oxygen atoms in total. The summed E-state index contributed by atoms with van der Waals surface area (Å²) in [4.78, 5) is 12.4. The quantitative estimate of drug-likeness (QED) is 0.787. The van der Waals surface area contributed by atoms with Crippen LogP contribution >= 0.6 is 11.7 Å². The first-order valence-corrected chi connectivity index (χ1v) is 8.65. The topological polar surface area (TPSA) is 81.9 Å². The Morgan fingerprint density at radius 1 is 1.29 bits per heavy atom. The molecule has 1 fully saturated rings. The fourth-order valence-corrected chi connectivity index (χ4v) is 3.37. The van der Waals surface area contributed by atoms with Crippen molar-refractivity contribution in [1.29, 1.82) is 0 Å². The molecule has 0 radical (unpaired) electrons. The molecule has 1 amide bonds. The number of carbonyl (C=O) groups excluding carboxylic acids is 1. The van der Waals surface area contributed by atoms with Gasteiger partial charge in [0.2, 0.25) is 0 Å². The van der Waals surface area contributed by atoms with Gasteiger partial charge >= 0.3 is 0 Å². The van der Waals surface area contributed by atoms with Crippen molar-refractivity contribution in [3.05, 3.63) is 36.2 Å². The van der Waals surface area contributed by atoms with E-state index in [1.54, 1.807) is 18.3 Å². The van der Waals surface area contributed by atoms with Gasteiger partial charge in [-0.1, -0.05) is 0 Å². The Morgan fingerprint density at radius 3 is 3.00 bits per heavy atom. The molecule has 1 aliphatic rings. The number of nitrogens with zero attached hydrogens (tertiary/aromatic N) is 4. The van der Waals surface area contributed by atoms with Crippen LogP contribution in [0.1, 0.15) is 23.2 Å². The van der Waals surface area contributed by atoms with Gasteiger partial charge in [0.25, 0.3) is 5.91 Å². The molecule has 24 heavy (non-hydrogen) atoms. The monoisotopic (exact) mass is 343 g/mol. The lowest BCUT2D eigenvalue weighted by Crippen LogP contribution is -2.20. The van der Waals surface area contributed by atoms with E-state index in [0.29, 0.717) is 17.2 Å². The van der Waals surface area contributed by atoms with Crippen molar-refractivity contribution in [3.8, 4) is 0 Å². The number of rotatable bonds is 4. The van der Waals surface area contributed by atoms with Crippen LogP contribution in [0.3, 0.4) is 0 Å². The van der Waals surface area contributed by atoms with Crippen molar-refractivity contribution in [2.75, 3.05) is 18.5 Å². The molecule has 2 aromatic heterocycles. The first kappa shape index (κ1) is 15.2. The van der Waals surface area contributed by atoms with Gasteiger partial charge in [0, 0.05) is 31.5 Å². The van der Waals surface area contributed by atoms with Crippen LogP contribution < -0.4 is 5.32 Å². The second kappa shape index (κ2) is 6.66. The summed E-state index contributed by atoms with van der Waals surface area (Å²) in [7, 11) is 0. The molecule has 1 N–H and O–H groups in total. The molecule has 4 rings (SSSR count). The Morgan fingerprint density at radius 2 is 2.12 bits per heavy atom. The standard InChI is InChI=1S/C16H17N5O2S/c22-16(12-1-2-14-15(7-12)20-24-19-14)18-13-8-17-21(10-13)9-11-3-5-23-6-4-11/h1-2,7-8,10-11H,3-6,9H2,(H,18,22). The van der Waals surface area contributed by atoms with Gasteiger partial charge in [0.1, 0.15) is 11.0 Å². The molecule has 3 aromatic rings. The van der Waals surface area contributed by atoms with Gasteiger partial charge < -0.3 is 10.1 Å². The summed E-state index contributed by atoms with van der Waals surface area (Å²) in [5.41, 5.74) is 2.81. The highest BCUT2D eigenvalue weighted by molar-refractivity contribution is 7.00. The molecule has 1 aromatic carbocycles. The minimum absolute atomic E-state index is 0.171. The Hall–Kier alpha value is -2.32. The lowest BCUT2D eigenvalue weighted by atomic mass is 10.0. The third kappa shape index (κ3) is 3.29. The van der Waals surface area contributed by atoms with Crippen molar-refractivity contribution in [1.82, 2.24) is 18.5 Å². The zero-order valence-corrected chi connectivity index (χ0v) is 13.8. The molecule has 3 heterocycles. The number of carbonyl (C=O) groups is 1. The van der Waals surface area contributed by atoms with Crippen LogP contribution in [-0.2, 0) is 11.3 Å². The van der Waals surface area contributed by atoms with Crippen molar-refractivity contribution in [2.24, 2.45) is 5.92 Å². The zero-order chi connectivity index (χ0) is 16.4. The largest absolute Gasteiger partial charge is 0.381 e. The number of hydrogen-bond acceptors (Lipinski definition) is 6. The Balaban J connectivity index is 1.41. The van der Waals surface area contributed by atoms with E-state index in [-0.39, 0.29) is 5.91 Å². The molecule has 1 aliphatic heterocycles. The van der Waals surface area contributed by atoms with Gasteiger partial charge in [-0.25, -0.2) is 0 Å². The van der Waals surface area contributed by atoms with Crippen molar-refractivity contribution >= 4 is 34.4 Å². The van der Waals surface area contributed by atoms with Crippen LogP contribution in [0.15, 0.2) is 30.6 Å². The van der Waals surface area contributed by atoms with E-state index in [2.05, 4.69) is 19.2 Å². The normalized spacial score (nSPS) is 15.7. The first-order valence-electron chi connectivity index (χ1n) is 7.92. The van der Waals surface area contributed by atoms with Gasteiger partial charge in [-0.2, -0.15) is 13.8 Å². The van der Waals surface area contributed by atoms with Crippen LogP contribution in [0.2, 0.25) is 0 Å². The molecule has 0 saturated carbocycles. The van der Waals surface area contributed by atoms with Gasteiger partial charge in [0.15, 0.2) is 0 Å². The van der Waals surface area contributed by atoms with Crippen LogP contribution in [0.25, 0.3) is 11.0 Å². The highest BCUT2D eigenvalue weighted by Crippen LogP contribution is 2.18. The van der Waals surface area contributed by atoms with E-state index in [0.717, 1.165) is 55.4 Å². The summed E-state index contributed by atoms with van der Waals surface area (Å²) in [5.74, 6) is 0.414. The highest BCUT2D eigenvalue weighted by Gasteiger charge is 2.15. The molecule has 0 aliphatic carbocycles. The average Bonchev–Trinajstić information content (AvgIpc) is 3.24. The van der Waals surface area contributed by atoms with E-state index in [9.17, 15) is 4.79 Å². The number of aromatic nitrogens is 4. The fraction of sp³-hybridized carbons (Fsp3) is 0.375. The predicted octanol–water partition coefficient (Wildman–Crippen LogP) is 2.57. The molecule has 0 unspecified atom stereocenters. The number of anilines is 1. The third-order valence-corrected chi connectivity index (χ3v) is 4.75. The smallest absolute Gasteiger partial charge is 0.255 e. The lowest BCUT2D eigenvalue weighted by molar-refractivity contribution is 0.0601. The molecule has 0 bridgehead atoms. The van der Waals surface area contributed by atoms with E-state index in [4.69, 9.17) is 4.74 Å². The minimum Gasteiger partial charge on any atom is -0.381 e. The number of nitrogens with one attached hydrogen (secondary N) is 1. The second-order valence-corrected chi connectivity index (χ2v) is 6.46. The summed E-state index contributed by atoms with van der Waals surface area (Å²) >= 11 is 1.14. The van der Waals surface area contributed by atoms with Crippen LogP contribution in [0.5, 0.6) is 0 Å². The van der Waals surface area contributed by atoms with Crippen LogP contribution in [0, 0.1) is 5.92 Å². The Kier molecular flexibility index (Phi) is 4.22. The van der Waals surface area contributed by atoms with E-state index in [1.807, 2.05) is 16.9 Å². The third-order valence-electron chi connectivity index (χ3n) is 4.19. The Bertz CT molecular complexity index is 853. The summed E-state index contributed by atoms with van der Waals surface area (Å²) in [5, 5.41) is 7.22. The molecule has 0 atom stereocenters. The van der Waals surface area contributed by atoms with Crippen LogP contribution in [0.4, 0.5) is 5.69 Å². The van der Waals surface area contributed by atoms with Crippen molar-refractivity contribution in [2.45, 2.75) is 19.4 Å². The SMILES string of the molecule is O=C(Nc1cnn(CC2CCOCC2)c1)c1ccc2nsnc2c1. The molecule has 0 spiro atoms. The van der Waals surface area contributed by atoms with Crippen molar-refractivity contribution in [3.63, 3.8) is 0 Å². The number of amides is 1. The average molecular weight is 343 g/mol. The zero-order valence-electron chi connectivity index (χ0n) is 13.0. The van der Waals surface area contributed by atoms with Crippen LogP contribution in [-0.4, -0.2) is 37.6 Å². The maximum absolute atomic E-state index is 12.4.